The summed E-state index contributed by atoms with van der Waals surface area (Å²) in [4.78, 5) is 20.0. The van der Waals surface area contributed by atoms with Crippen LogP contribution in [-0.4, -0.2) is 18.2 Å². The molecule has 0 rings (SSSR count). The second-order valence-corrected chi connectivity index (χ2v) is 1.47. The van der Waals surface area contributed by atoms with Gasteiger partial charge in [0.25, 0.3) is 0 Å². The van der Waals surface area contributed by atoms with E-state index >= 15 is 0 Å². The number of amides is 2. The van der Waals surface area contributed by atoms with Gasteiger partial charge in [-0.05, 0) is 0 Å². The molecule has 0 radical (unpaired) electrons. The van der Waals surface area contributed by atoms with Crippen LogP contribution in [0.5, 0.6) is 0 Å². The molecule has 10 heavy (non-hydrogen) atoms. The molecule has 2 amide bonds. The number of hydrazine groups is 1. The molecule has 0 aliphatic heterocycles. The van der Waals surface area contributed by atoms with E-state index in [4.69, 9.17) is 0 Å². The highest BCUT2D eigenvalue weighted by molar-refractivity contribution is 5.82. The molecule has 0 aliphatic rings. The standard InChI is InChI=1S/C4H6F2N2O2/c1-2(9)7-8-4(10)3(5)6/h3H,1H3,(H,7,9)(H,8,10). The number of nitrogens with one attached hydrogen (secondary N) is 2. The molecule has 0 aromatic heterocycles. The fraction of sp³-hybridized carbons (Fsp3) is 0.500. The van der Waals surface area contributed by atoms with Gasteiger partial charge >= 0.3 is 12.3 Å². The van der Waals surface area contributed by atoms with E-state index in [1.807, 2.05) is 0 Å². The van der Waals surface area contributed by atoms with Crippen molar-refractivity contribution in [2.75, 3.05) is 0 Å². The minimum Gasteiger partial charge on any atom is -0.274 e. The van der Waals surface area contributed by atoms with E-state index in [9.17, 15) is 18.4 Å². The molecular formula is C4H6F2N2O2. The lowest BCUT2D eigenvalue weighted by Crippen LogP contribution is -2.43. The fourth-order valence-corrected chi connectivity index (χ4v) is 0.204. The van der Waals surface area contributed by atoms with E-state index in [-0.39, 0.29) is 0 Å². The predicted octanol–water partition coefficient (Wildman–Crippen LogP) is -0.581. The van der Waals surface area contributed by atoms with Gasteiger partial charge in [0.1, 0.15) is 0 Å². The van der Waals surface area contributed by atoms with Crippen molar-refractivity contribution in [1.82, 2.24) is 10.9 Å². The molecule has 0 spiro atoms. The van der Waals surface area contributed by atoms with Crippen molar-refractivity contribution in [3.8, 4) is 0 Å². The average Bonchev–Trinajstić information content (AvgIpc) is 1.82. The van der Waals surface area contributed by atoms with E-state index in [1.165, 1.54) is 5.43 Å². The van der Waals surface area contributed by atoms with Crippen LogP contribution in [0.15, 0.2) is 0 Å². The SMILES string of the molecule is CC(=O)NNC(=O)C(F)F. The van der Waals surface area contributed by atoms with Crippen molar-refractivity contribution >= 4 is 11.8 Å². The molecule has 58 valence electrons. The average molecular weight is 152 g/mol. The lowest BCUT2D eigenvalue weighted by molar-refractivity contribution is -0.135. The van der Waals surface area contributed by atoms with E-state index in [0.717, 1.165) is 6.92 Å². The molecule has 0 bridgehead atoms. The molecule has 0 aromatic carbocycles. The Balaban J connectivity index is 3.50. The third kappa shape index (κ3) is 3.76. The maximum absolute atomic E-state index is 11.3. The van der Waals surface area contributed by atoms with Crippen LogP contribution in [0.1, 0.15) is 6.92 Å². The molecular weight excluding hydrogens is 146 g/mol. The summed E-state index contributed by atoms with van der Waals surface area (Å²) in [6.45, 7) is 1.09. The van der Waals surface area contributed by atoms with Crippen molar-refractivity contribution in [1.29, 1.82) is 0 Å². The monoisotopic (exact) mass is 152 g/mol. The summed E-state index contributed by atoms with van der Waals surface area (Å²) in [7, 11) is 0. The fourth-order valence-electron chi connectivity index (χ4n) is 0.204. The Morgan fingerprint density at radius 1 is 1.30 bits per heavy atom. The van der Waals surface area contributed by atoms with Gasteiger partial charge in [-0.15, -0.1) is 0 Å². The quantitative estimate of drug-likeness (QED) is 0.494. The van der Waals surface area contributed by atoms with E-state index in [2.05, 4.69) is 0 Å². The predicted molar refractivity (Wildman–Crippen MR) is 28.0 cm³/mol. The number of carbonyl (C=O) groups excluding carboxylic acids is 2. The van der Waals surface area contributed by atoms with Crippen LogP contribution in [0.2, 0.25) is 0 Å². The number of rotatable bonds is 1. The molecule has 0 heterocycles. The maximum atomic E-state index is 11.3. The highest BCUT2D eigenvalue weighted by Gasteiger charge is 2.13. The van der Waals surface area contributed by atoms with Crippen LogP contribution in [0.3, 0.4) is 0 Å². The number of alkyl halides is 2. The van der Waals surface area contributed by atoms with Crippen LogP contribution < -0.4 is 10.9 Å². The Hall–Kier alpha value is -1.20. The molecule has 0 atom stereocenters. The van der Waals surface area contributed by atoms with Gasteiger partial charge in [0.2, 0.25) is 5.91 Å². The van der Waals surface area contributed by atoms with Gasteiger partial charge < -0.3 is 0 Å². The van der Waals surface area contributed by atoms with Crippen LogP contribution in [0.4, 0.5) is 8.78 Å². The zero-order valence-electron chi connectivity index (χ0n) is 5.15. The molecule has 0 aromatic rings. The first kappa shape index (κ1) is 8.80. The minimum absolute atomic E-state index is 0.603. The Bertz CT molecular complexity index is 148. The highest BCUT2D eigenvalue weighted by Crippen LogP contribution is 1.88. The topological polar surface area (TPSA) is 58.2 Å². The van der Waals surface area contributed by atoms with Crippen molar-refractivity contribution in [3.05, 3.63) is 0 Å². The van der Waals surface area contributed by atoms with E-state index < -0.39 is 18.2 Å². The van der Waals surface area contributed by atoms with E-state index in [0.29, 0.717) is 0 Å². The van der Waals surface area contributed by atoms with Crippen molar-refractivity contribution < 1.29 is 18.4 Å². The van der Waals surface area contributed by atoms with Crippen LogP contribution >= 0.6 is 0 Å². The zero-order valence-corrected chi connectivity index (χ0v) is 5.15. The van der Waals surface area contributed by atoms with Gasteiger partial charge in [-0.2, -0.15) is 8.78 Å². The number of hydrogen-bond donors (Lipinski definition) is 2. The Morgan fingerprint density at radius 2 is 1.80 bits per heavy atom. The molecule has 0 saturated heterocycles. The number of hydrogen-bond acceptors (Lipinski definition) is 2. The van der Waals surface area contributed by atoms with E-state index in [1.54, 1.807) is 5.43 Å². The van der Waals surface area contributed by atoms with Crippen LogP contribution in [0.25, 0.3) is 0 Å². The van der Waals surface area contributed by atoms with Gasteiger partial charge in [0.15, 0.2) is 0 Å². The second-order valence-electron chi connectivity index (χ2n) is 1.47. The molecule has 0 fully saturated rings. The summed E-state index contributed by atoms with van der Waals surface area (Å²) < 4.78 is 22.6. The summed E-state index contributed by atoms with van der Waals surface area (Å²) in [6.07, 6.45) is -3.10. The first-order valence-corrected chi connectivity index (χ1v) is 2.38. The van der Waals surface area contributed by atoms with Gasteiger partial charge in [-0.3, -0.25) is 20.4 Å². The Morgan fingerprint density at radius 3 is 2.10 bits per heavy atom. The third-order valence-corrected chi connectivity index (χ3v) is 0.560. The zero-order chi connectivity index (χ0) is 8.15. The van der Waals surface area contributed by atoms with Crippen molar-refractivity contribution in [3.63, 3.8) is 0 Å². The molecule has 6 heteroatoms. The molecule has 0 saturated carbocycles. The lowest BCUT2D eigenvalue weighted by Gasteiger charge is -2.01. The summed E-state index contributed by atoms with van der Waals surface area (Å²) in [5.41, 5.74) is 3.20. The van der Waals surface area contributed by atoms with Gasteiger partial charge in [-0.25, -0.2) is 0 Å². The summed E-state index contributed by atoms with van der Waals surface area (Å²) in [5, 5.41) is 0. The second kappa shape index (κ2) is 3.76. The smallest absolute Gasteiger partial charge is 0.274 e. The third-order valence-electron chi connectivity index (χ3n) is 0.560. The van der Waals surface area contributed by atoms with Gasteiger partial charge in [0.05, 0.1) is 0 Å². The van der Waals surface area contributed by atoms with Gasteiger partial charge in [0, 0.05) is 6.92 Å². The first-order valence-electron chi connectivity index (χ1n) is 2.38. The number of carbonyl (C=O) groups is 2. The summed E-state index contributed by atoms with van der Waals surface area (Å²) in [5.74, 6) is -2.12. The number of halogens is 2. The molecule has 0 aliphatic carbocycles. The molecule has 2 N–H and O–H groups in total. The molecule has 0 unspecified atom stereocenters. The highest BCUT2D eigenvalue weighted by atomic mass is 19.3. The minimum atomic E-state index is -3.10. The Kier molecular flexibility index (Phi) is 3.30. The van der Waals surface area contributed by atoms with Crippen LogP contribution in [0, 0.1) is 0 Å². The van der Waals surface area contributed by atoms with Crippen molar-refractivity contribution in [2.45, 2.75) is 13.3 Å². The Labute approximate surface area is 55.6 Å². The molecule has 4 nitrogen and oxygen atoms in total. The normalized spacial score (nSPS) is 9.20. The largest absolute Gasteiger partial charge is 0.317 e. The van der Waals surface area contributed by atoms with Crippen molar-refractivity contribution in [2.24, 2.45) is 0 Å². The lowest BCUT2D eigenvalue weighted by atomic mass is 10.7. The van der Waals surface area contributed by atoms with Crippen LogP contribution in [-0.2, 0) is 9.59 Å². The maximum Gasteiger partial charge on any atom is 0.317 e. The summed E-state index contributed by atoms with van der Waals surface area (Å²) >= 11 is 0. The first-order chi connectivity index (χ1) is 4.54. The van der Waals surface area contributed by atoms with Gasteiger partial charge in [-0.1, -0.05) is 0 Å². The summed E-state index contributed by atoms with van der Waals surface area (Å²) in [6, 6.07) is 0.